The number of ether oxygens (including phenoxy) is 3. The fourth-order valence-electron chi connectivity index (χ4n) is 4.56. The van der Waals surface area contributed by atoms with E-state index in [0.717, 1.165) is 60.7 Å². The number of aliphatic hydroxyl groups is 3. The van der Waals surface area contributed by atoms with Crippen molar-refractivity contribution in [2.24, 2.45) is 0 Å². The molecular formula is C30H19F18O6S+. The molecule has 1 aromatic heterocycles. The molecule has 306 valence electrons. The lowest BCUT2D eigenvalue weighted by Crippen LogP contribution is -2.60. The monoisotopic (exact) mass is 849 g/mol. The van der Waals surface area contributed by atoms with Gasteiger partial charge in [-0.2, -0.15) is 79.0 Å². The Hall–Kier alpha value is -4.10. The lowest BCUT2D eigenvalue weighted by molar-refractivity contribution is -0.374. The van der Waals surface area contributed by atoms with Gasteiger partial charge in [-0.15, -0.1) is 0 Å². The van der Waals surface area contributed by atoms with E-state index < -0.39 is 101 Å². The van der Waals surface area contributed by atoms with Crippen LogP contribution in [-0.2, 0) is 0 Å². The topological polar surface area (TPSA) is 88.4 Å². The van der Waals surface area contributed by atoms with Gasteiger partial charge in [0, 0.05) is 34.7 Å². The molecule has 0 radical (unpaired) electrons. The number of benzene rings is 3. The second kappa shape index (κ2) is 13.8. The van der Waals surface area contributed by atoms with Gasteiger partial charge in [0.05, 0.1) is 10.8 Å². The molecule has 3 aromatic carbocycles. The van der Waals surface area contributed by atoms with E-state index in [-0.39, 0.29) is 25.1 Å². The molecule has 4 aromatic rings. The van der Waals surface area contributed by atoms with Crippen LogP contribution in [0.2, 0.25) is 0 Å². The molecule has 0 amide bonds. The van der Waals surface area contributed by atoms with Gasteiger partial charge in [-0.3, -0.25) is 0 Å². The van der Waals surface area contributed by atoms with E-state index in [2.05, 4.69) is 14.2 Å². The molecule has 0 aliphatic carbocycles. The molecule has 0 saturated carbocycles. The molecule has 0 aliphatic heterocycles. The van der Waals surface area contributed by atoms with Crippen molar-refractivity contribution < 1.29 is 109 Å². The maximum absolute atomic E-state index is 13.2. The molecule has 0 spiro atoms. The summed E-state index contributed by atoms with van der Waals surface area (Å²) in [6, 6.07) is 9.08. The molecule has 25 heteroatoms. The summed E-state index contributed by atoms with van der Waals surface area (Å²) in [5.41, 5.74) is -16.1. The minimum Gasteiger partial charge on any atom is -0.490 e. The van der Waals surface area contributed by atoms with Gasteiger partial charge in [0.2, 0.25) is 0 Å². The van der Waals surface area contributed by atoms with E-state index in [1.165, 1.54) is 0 Å². The number of alkyl halides is 18. The first kappa shape index (κ1) is 43.6. The Morgan fingerprint density at radius 2 is 0.636 bits per heavy atom. The van der Waals surface area contributed by atoms with Crippen molar-refractivity contribution in [2.45, 2.75) is 53.9 Å². The van der Waals surface area contributed by atoms with Crippen molar-refractivity contribution in [3.8, 4) is 22.1 Å². The van der Waals surface area contributed by atoms with Crippen LogP contribution < -0.4 is 14.2 Å². The molecule has 0 fully saturated rings. The van der Waals surface area contributed by atoms with Crippen LogP contribution in [0.15, 0.2) is 60.7 Å². The van der Waals surface area contributed by atoms with E-state index in [0.29, 0.717) is 0 Å². The third-order valence-corrected chi connectivity index (χ3v) is 10.2. The minimum absolute atomic E-state index is 0.0701. The molecule has 0 unspecified atom stereocenters. The van der Waals surface area contributed by atoms with Gasteiger partial charge in [0.15, 0.2) is 14.3 Å². The lowest BCUT2D eigenvalue weighted by atomic mass is 10.0. The van der Waals surface area contributed by atoms with Crippen LogP contribution in [-0.4, -0.2) is 89.0 Å². The highest BCUT2D eigenvalue weighted by Crippen LogP contribution is 2.52. The third kappa shape index (κ3) is 7.96. The second-order valence-corrected chi connectivity index (χ2v) is 13.5. The molecule has 0 bridgehead atoms. The number of halogens is 18. The van der Waals surface area contributed by atoms with Crippen molar-refractivity contribution in [2.75, 3.05) is 19.8 Å². The predicted octanol–water partition coefficient (Wildman–Crippen LogP) is 9.43. The smallest absolute Gasteiger partial charge is 0.429 e. The number of rotatable bonds is 10. The fraction of sp³-hybridized carbons (Fsp3) is 0.400. The Kier molecular flexibility index (Phi) is 11.0. The fourth-order valence-corrected chi connectivity index (χ4v) is 6.89. The lowest BCUT2D eigenvalue weighted by Gasteiger charge is -2.31. The van der Waals surface area contributed by atoms with E-state index in [1.807, 2.05) is 0 Å². The van der Waals surface area contributed by atoms with Gasteiger partial charge < -0.3 is 29.5 Å². The predicted molar refractivity (Wildman–Crippen MR) is 153 cm³/mol. The SMILES string of the molecule is OC(COc1ccc(-[s+]2c3ccc(OCC(O)(C(F)(F)F)C(F)(F)F)cc3c3cc(OCC(O)(C(F)(F)F)C(F)(F)F)ccc32)cc1)(C(F)(F)F)C(F)(F)F. The molecule has 6 nitrogen and oxygen atoms in total. The normalized spacial score (nSPS) is 14.5. The second-order valence-electron chi connectivity index (χ2n) is 11.5. The third-order valence-electron chi connectivity index (χ3n) is 7.85. The van der Waals surface area contributed by atoms with Crippen molar-refractivity contribution in [1.29, 1.82) is 0 Å². The van der Waals surface area contributed by atoms with Gasteiger partial charge in [0.25, 0.3) is 16.8 Å². The average molecular weight is 850 g/mol. The number of hydrogen-bond acceptors (Lipinski definition) is 6. The Balaban J connectivity index is 1.81. The van der Waals surface area contributed by atoms with Gasteiger partial charge in [-0.1, -0.05) is 0 Å². The molecule has 0 atom stereocenters. The summed E-state index contributed by atoms with van der Waals surface area (Å²) in [5.74, 6) is -2.24. The average Bonchev–Trinajstić information content (AvgIpc) is 3.34. The molecule has 0 aliphatic rings. The zero-order valence-corrected chi connectivity index (χ0v) is 27.0. The molecule has 0 saturated heterocycles. The summed E-state index contributed by atoms with van der Waals surface area (Å²) in [6.07, 6.45) is -37.7. The van der Waals surface area contributed by atoms with E-state index in [4.69, 9.17) is 0 Å². The maximum Gasteiger partial charge on any atom is 0.429 e. The Morgan fingerprint density at radius 1 is 0.382 bits per heavy atom. The van der Waals surface area contributed by atoms with Crippen molar-refractivity contribution >= 4 is 30.6 Å². The maximum atomic E-state index is 13.2. The first-order valence-electron chi connectivity index (χ1n) is 14.3. The highest BCUT2D eigenvalue weighted by atomic mass is 32.2. The van der Waals surface area contributed by atoms with Gasteiger partial charge in [-0.25, -0.2) is 0 Å². The Labute approximate surface area is 296 Å². The van der Waals surface area contributed by atoms with Gasteiger partial charge in [-0.05, 0) is 36.4 Å². The minimum atomic E-state index is -6.31. The summed E-state index contributed by atoms with van der Waals surface area (Å²) in [5, 5.41) is 27.8. The van der Waals surface area contributed by atoms with Crippen molar-refractivity contribution in [3.63, 3.8) is 0 Å². The standard InChI is InChI=1S/C30H19F18O6S/c31-25(32,33)22(49,26(34,35)36)11-52-14-1-5-17(6-2-14)55-20-7-3-15(53-12-23(50,27(37,38)39)28(40,41)42)9-18(20)19-10-16(4-8-21(19)55)54-13-24(51,29(43,44)45)30(46,47)48/h1-10,49-51H,11-13H2/q+1. The van der Waals surface area contributed by atoms with Crippen LogP contribution in [0.5, 0.6) is 17.2 Å². The number of fused-ring (bicyclic) bond motifs is 3. The zero-order chi connectivity index (χ0) is 42.0. The van der Waals surface area contributed by atoms with Crippen LogP contribution in [0.3, 0.4) is 0 Å². The van der Waals surface area contributed by atoms with Crippen LogP contribution >= 0.6 is 10.5 Å². The Bertz CT molecular complexity index is 1850. The van der Waals surface area contributed by atoms with E-state index in [1.54, 1.807) is 0 Å². The molecule has 3 N–H and O–H groups in total. The molecule has 4 rings (SSSR count). The summed E-state index contributed by atoms with van der Waals surface area (Å²) >= 11 is 0. The molecule has 55 heavy (non-hydrogen) atoms. The Morgan fingerprint density at radius 3 is 0.909 bits per heavy atom. The summed E-state index contributed by atoms with van der Waals surface area (Å²) in [6.45, 7) is -7.25. The van der Waals surface area contributed by atoms with Crippen LogP contribution in [0.25, 0.3) is 25.1 Å². The van der Waals surface area contributed by atoms with E-state index in [9.17, 15) is 94.3 Å². The first-order valence-corrected chi connectivity index (χ1v) is 15.5. The summed E-state index contributed by atoms with van der Waals surface area (Å²) in [4.78, 5) is 0.101. The molecular weight excluding hydrogens is 830 g/mol. The van der Waals surface area contributed by atoms with Crippen LogP contribution in [0.4, 0.5) is 79.0 Å². The summed E-state index contributed by atoms with van der Waals surface area (Å²) < 4.78 is 251. The highest BCUT2D eigenvalue weighted by molar-refractivity contribution is 7.50. The largest absolute Gasteiger partial charge is 0.490 e. The van der Waals surface area contributed by atoms with Crippen molar-refractivity contribution in [1.82, 2.24) is 0 Å². The van der Waals surface area contributed by atoms with Gasteiger partial charge in [0.1, 0.15) is 37.1 Å². The quantitative estimate of drug-likeness (QED) is 0.109. The number of hydrogen-bond donors (Lipinski definition) is 3. The van der Waals surface area contributed by atoms with Crippen LogP contribution in [0, 0.1) is 0 Å². The zero-order valence-electron chi connectivity index (χ0n) is 26.2. The van der Waals surface area contributed by atoms with Gasteiger partial charge >= 0.3 is 37.1 Å². The van der Waals surface area contributed by atoms with Crippen molar-refractivity contribution in [3.05, 3.63) is 60.7 Å². The number of thiophene rings is 1. The highest BCUT2D eigenvalue weighted by Gasteiger charge is 2.73. The first-order chi connectivity index (χ1) is 24.7. The van der Waals surface area contributed by atoms with Crippen LogP contribution in [0.1, 0.15) is 0 Å². The summed E-state index contributed by atoms with van der Waals surface area (Å²) in [7, 11) is -1.51. The van der Waals surface area contributed by atoms with E-state index >= 15 is 0 Å². The molecule has 1 heterocycles.